The Bertz CT molecular complexity index is 793. The second-order valence-electron chi connectivity index (χ2n) is 12.5. The van der Waals surface area contributed by atoms with Gasteiger partial charge in [0.1, 0.15) is 5.82 Å². The maximum atomic E-state index is 5.15. The number of imidazole rings is 1. The molecule has 0 amide bonds. The highest BCUT2D eigenvalue weighted by atomic mass is 15.1. The van der Waals surface area contributed by atoms with Crippen LogP contribution in [0.25, 0.3) is 0 Å². The SMILES string of the molecule is CCCCCCCCCCCCCCCn1cc(CCCc2ccccc2)nc1CCCCCCCCCCC. The maximum absolute atomic E-state index is 5.15. The van der Waals surface area contributed by atoms with Gasteiger partial charge >= 0.3 is 0 Å². The molecule has 228 valence electrons. The average Bonchev–Trinajstić information content (AvgIpc) is 3.36. The largest absolute Gasteiger partial charge is 0.335 e. The number of hydrogen-bond donors (Lipinski definition) is 0. The summed E-state index contributed by atoms with van der Waals surface area (Å²) in [7, 11) is 0. The summed E-state index contributed by atoms with van der Waals surface area (Å²) in [6.45, 7) is 5.77. The molecule has 0 unspecified atom stereocenters. The van der Waals surface area contributed by atoms with Crippen LogP contribution >= 0.6 is 0 Å². The molecule has 0 spiro atoms. The van der Waals surface area contributed by atoms with Crippen LogP contribution in [-0.2, 0) is 25.8 Å². The zero-order valence-electron chi connectivity index (χ0n) is 27.0. The molecule has 0 bridgehead atoms. The van der Waals surface area contributed by atoms with Gasteiger partial charge in [-0.15, -0.1) is 0 Å². The van der Waals surface area contributed by atoms with Crippen molar-refractivity contribution < 1.29 is 0 Å². The van der Waals surface area contributed by atoms with Crippen molar-refractivity contribution in [1.82, 2.24) is 9.55 Å². The normalized spacial score (nSPS) is 11.4. The van der Waals surface area contributed by atoms with E-state index in [9.17, 15) is 0 Å². The molecule has 2 heteroatoms. The van der Waals surface area contributed by atoms with E-state index in [1.165, 1.54) is 165 Å². The average molecular weight is 551 g/mol. The fraction of sp³-hybridized carbons (Fsp3) is 0.763. The zero-order valence-corrected chi connectivity index (χ0v) is 27.0. The van der Waals surface area contributed by atoms with Gasteiger partial charge in [-0.25, -0.2) is 4.98 Å². The van der Waals surface area contributed by atoms with Gasteiger partial charge in [0.25, 0.3) is 0 Å². The van der Waals surface area contributed by atoms with Crippen molar-refractivity contribution in [1.29, 1.82) is 0 Å². The second kappa shape index (κ2) is 25.2. The highest BCUT2D eigenvalue weighted by Gasteiger charge is 2.09. The monoisotopic (exact) mass is 551 g/mol. The van der Waals surface area contributed by atoms with E-state index < -0.39 is 0 Å². The molecule has 0 aliphatic rings. The summed E-state index contributed by atoms with van der Waals surface area (Å²) in [6.07, 6.45) is 38.0. The van der Waals surface area contributed by atoms with Crippen LogP contribution in [0, 0.1) is 0 Å². The number of nitrogens with zero attached hydrogens (tertiary/aromatic N) is 2. The molecule has 40 heavy (non-hydrogen) atoms. The van der Waals surface area contributed by atoms with Crippen molar-refractivity contribution in [2.75, 3.05) is 0 Å². The van der Waals surface area contributed by atoms with Gasteiger partial charge in [-0.1, -0.05) is 173 Å². The molecule has 1 aromatic carbocycles. The predicted molar refractivity (Wildman–Crippen MR) is 177 cm³/mol. The van der Waals surface area contributed by atoms with Crippen molar-refractivity contribution in [3.63, 3.8) is 0 Å². The predicted octanol–water partition coefficient (Wildman–Crippen LogP) is 12.2. The minimum Gasteiger partial charge on any atom is -0.335 e. The molecule has 1 heterocycles. The van der Waals surface area contributed by atoms with Gasteiger partial charge in [0, 0.05) is 19.2 Å². The molecule has 2 nitrogen and oxygen atoms in total. The van der Waals surface area contributed by atoms with E-state index >= 15 is 0 Å². The molecule has 0 aliphatic heterocycles. The van der Waals surface area contributed by atoms with Crippen molar-refractivity contribution in [2.24, 2.45) is 0 Å². The van der Waals surface area contributed by atoms with Crippen molar-refractivity contribution >= 4 is 0 Å². The number of hydrogen-bond acceptors (Lipinski definition) is 1. The fourth-order valence-electron chi connectivity index (χ4n) is 6.04. The van der Waals surface area contributed by atoms with Crippen LogP contribution in [0.1, 0.15) is 179 Å². The molecular weight excluding hydrogens is 484 g/mol. The quantitative estimate of drug-likeness (QED) is 0.0963. The molecule has 2 rings (SSSR count). The van der Waals surface area contributed by atoms with Crippen molar-refractivity contribution in [3.05, 3.63) is 53.6 Å². The van der Waals surface area contributed by atoms with Crippen LogP contribution in [-0.4, -0.2) is 9.55 Å². The minimum atomic E-state index is 1.10. The van der Waals surface area contributed by atoms with Gasteiger partial charge in [-0.2, -0.15) is 0 Å². The molecule has 0 aliphatic carbocycles. The Kier molecular flexibility index (Phi) is 21.8. The topological polar surface area (TPSA) is 17.8 Å². The second-order valence-corrected chi connectivity index (χ2v) is 12.5. The van der Waals surface area contributed by atoms with E-state index in [1.807, 2.05) is 0 Å². The summed E-state index contributed by atoms with van der Waals surface area (Å²) in [5.74, 6) is 1.36. The molecule has 0 radical (unpaired) electrons. The molecule has 0 N–H and O–H groups in total. The lowest BCUT2D eigenvalue weighted by Gasteiger charge is -2.08. The zero-order chi connectivity index (χ0) is 28.4. The summed E-state index contributed by atoms with van der Waals surface area (Å²) in [5.41, 5.74) is 2.76. The summed E-state index contributed by atoms with van der Waals surface area (Å²) >= 11 is 0. The van der Waals surface area contributed by atoms with E-state index in [1.54, 1.807) is 0 Å². The van der Waals surface area contributed by atoms with E-state index in [4.69, 9.17) is 4.98 Å². The fourth-order valence-corrected chi connectivity index (χ4v) is 6.04. The standard InChI is InChI=1S/C38H66N2/c1-3-5-7-9-11-13-14-15-16-18-20-22-27-34-40-35-37(32-28-31-36-29-24-23-25-30-36)39-38(40)33-26-21-19-17-12-10-8-6-4-2/h23-25,29-30,35H,3-22,26-28,31-34H2,1-2H3. The summed E-state index contributed by atoms with van der Waals surface area (Å²) < 4.78 is 2.53. The lowest BCUT2D eigenvalue weighted by Crippen LogP contribution is -2.03. The van der Waals surface area contributed by atoms with Crippen LogP contribution in [0.4, 0.5) is 0 Å². The van der Waals surface area contributed by atoms with Gasteiger partial charge in [-0.3, -0.25) is 0 Å². The number of benzene rings is 1. The lowest BCUT2D eigenvalue weighted by molar-refractivity contribution is 0.517. The van der Waals surface area contributed by atoms with Crippen LogP contribution in [0.15, 0.2) is 36.5 Å². The van der Waals surface area contributed by atoms with Crippen LogP contribution < -0.4 is 0 Å². The first-order valence-electron chi connectivity index (χ1n) is 17.9. The Labute approximate surface area is 250 Å². The molecule has 0 saturated carbocycles. The van der Waals surface area contributed by atoms with Gasteiger partial charge in [0.15, 0.2) is 0 Å². The molecular formula is C38H66N2. The number of rotatable bonds is 28. The Morgan fingerprint density at radius 3 is 1.48 bits per heavy atom. The maximum Gasteiger partial charge on any atom is 0.108 e. The summed E-state index contributed by atoms with van der Waals surface area (Å²) in [5, 5.41) is 0. The molecule has 0 saturated heterocycles. The third-order valence-electron chi connectivity index (χ3n) is 8.66. The van der Waals surface area contributed by atoms with Crippen molar-refractivity contribution in [2.45, 2.75) is 187 Å². The highest BCUT2D eigenvalue weighted by Crippen LogP contribution is 2.17. The highest BCUT2D eigenvalue weighted by molar-refractivity contribution is 5.15. The van der Waals surface area contributed by atoms with Crippen LogP contribution in [0.3, 0.4) is 0 Å². The van der Waals surface area contributed by atoms with Crippen molar-refractivity contribution in [3.8, 4) is 0 Å². The molecule has 1 aromatic heterocycles. The lowest BCUT2D eigenvalue weighted by atomic mass is 10.0. The number of unbranched alkanes of at least 4 members (excludes halogenated alkanes) is 20. The third kappa shape index (κ3) is 18.0. The van der Waals surface area contributed by atoms with E-state index in [2.05, 4.69) is 54.9 Å². The van der Waals surface area contributed by atoms with Gasteiger partial charge in [-0.05, 0) is 37.7 Å². The summed E-state index contributed by atoms with van der Waals surface area (Å²) in [6, 6.07) is 10.9. The van der Waals surface area contributed by atoms with Crippen LogP contribution in [0.5, 0.6) is 0 Å². The Morgan fingerprint density at radius 2 is 0.950 bits per heavy atom. The number of aromatic nitrogens is 2. The first-order chi connectivity index (χ1) is 19.8. The van der Waals surface area contributed by atoms with Gasteiger partial charge in [0.05, 0.1) is 5.69 Å². The Morgan fingerprint density at radius 1 is 0.475 bits per heavy atom. The first kappa shape index (κ1) is 34.6. The van der Waals surface area contributed by atoms with E-state index in [-0.39, 0.29) is 0 Å². The van der Waals surface area contributed by atoms with Gasteiger partial charge in [0.2, 0.25) is 0 Å². The van der Waals surface area contributed by atoms with Crippen LogP contribution in [0.2, 0.25) is 0 Å². The minimum absolute atomic E-state index is 1.10. The molecule has 0 atom stereocenters. The Balaban J connectivity index is 1.64. The molecule has 2 aromatic rings. The van der Waals surface area contributed by atoms with E-state index in [0.29, 0.717) is 0 Å². The van der Waals surface area contributed by atoms with Gasteiger partial charge < -0.3 is 4.57 Å². The van der Waals surface area contributed by atoms with E-state index in [0.717, 1.165) is 25.8 Å². The summed E-state index contributed by atoms with van der Waals surface area (Å²) in [4.78, 5) is 5.15. The smallest absolute Gasteiger partial charge is 0.108 e. The third-order valence-corrected chi connectivity index (χ3v) is 8.66. The molecule has 0 fully saturated rings. The Hall–Kier alpha value is -1.57. The first-order valence-corrected chi connectivity index (χ1v) is 17.9. The number of aryl methyl sites for hydroxylation is 4.